The molecule has 0 spiro atoms. The van der Waals surface area contributed by atoms with Crippen LogP contribution < -0.4 is 10.6 Å². The summed E-state index contributed by atoms with van der Waals surface area (Å²) in [6.45, 7) is 10.0. The number of aliphatic carboxylic acids is 1. The molecule has 6 aromatic rings. The second kappa shape index (κ2) is 14.6. The first-order valence-corrected chi connectivity index (χ1v) is 18.0. The van der Waals surface area contributed by atoms with Crippen LogP contribution in [0.4, 0.5) is 11.5 Å². The molecule has 1 aliphatic heterocycles. The van der Waals surface area contributed by atoms with Crippen LogP contribution in [0.25, 0.3) is 44.6 Å². The van der Waals surface area contributed by atoms with Gasteiger partial charge in [0.1, 0.15) is 17.1 Å². The predicted octanol–water partition coefficient (Wildman–Crippen LogP) is 8.42. The van der Waals surface area contributed by atoms with Gasteiger partial charge in [-0.1, -0.05) is 42.3 Å². The normalized spacial score (nSPS) is 15.4. The molecule has 268 valence electrons. The lowest BCUT2D eigenvalue weighted by atomic mass is 9.93. The molecule has 52 heavy (non-hydrogen) atoms. The molecule has 11 heteroatoms. The number of fused-ring (bicyclic) bond motifs is 2. The van der Waals surface area contributed by atoms with Crippen LogP contribution in [0.15, 0.2) is 77.5 Å². The molecule has 7 rings (SSSR count). The van der Waals surface area contributed by atoms with Crippen LogP contribution >= 0.6 is 11.6 Å². The number of carboxylic acid groups (broad SMARTS) is 1. The lowest BCUT2D eigenvalue weighted by molar-refractivity contribution is -0.144. The molecule has 0 aliphatic carbocycles. The summed E-state index contributed by atoms with van der Waals surface area (Å²) in [5.41, 5.74) is 9.01. The zero-order valence-electron chi connectivity index (χ0n) is 29.8. The Labute approximate surface area is 307 Å². The maximum Gasteiger partial charge on any atom is 0.320 e. The minimum absolute atomic E-state index is 0.453. The molecule has 0 amide bonds. The minimum atomic E-state index is -0.787. The van der Waals surface area contributed by atoms with E-state index < -0.39 is 17.6 Å². The average Bonchev–Trinajstić information content (AvgIpc) is 3.54. The van der Waals surface area contributed by atoms with E-state index in [0.29, 0.717) is 53.9 Å². The maximum absolute atomic E-state index is 11.9. The van der Waals surface area contributed by atoms with Gasteiger partial charge in [0.05, 0.1) is 10.6 Å². The van der Waals surface area contributed by atoms with E-state index in [1.54, 1.807) is 20.0 Å². The van der Waals surface area contributed by atoms with Crippen molar-refractivity contribution in [3.05, 3.63) is 100 Å². The summed E-state index contributed by atoms with van der Waals surface area (Å²) in [7, 11) is 0. The standard InChI is InChI=1S/C41H43ClN6O4/c1-24-29(9-7-11-31(24)39-47-34-19-26(18-32(42)37(34)52-39)22-48-16-6-5-13-35(48)40(49)50)30-10-8-12-33(25(30)2)46-38-36-28(14-15-44-38)17-27(21-45-36)20-43-23-41(3,4)51/h7-12,14-15,17-19,21,35,43,51H,5-6,13,16,20,22-23H2,1-4H3,(H,44,46)(H,49,50)/t35-/m0/s1. The first-order chi connectivity index (χ1) is 24.9. The number of aromatic nitrogens is 3. The highest BCUT2D eigenvalue weighted by Crippen LogP contribution is 2.38. The summed E-state index contributed by atoms with van der Waals surface area (Å²) < 4.78 is 6.29. The second-order valence-electron chi connectivity index (χ2n) is 14.3. The predicted molar refractivity (Wildman–Crippen MR) is 206 cm³/mol. The first-order valence-electron chi connectivity index (χ1n) is 17.6. The van der Waals surface area contributed by atoms with Crippen LogP contribution in [0, 0.1) is 13.8 Å². The van der Waals surface area contributed by atoms with Gasteiger partial charge in [-0.15, -0.1) is 0 Å². The van der Waals surface area contributed by atoms with E-state index in [9.17, 15) is 15.0 Å². The Morgan fingerprint density at radius 2 is 1.77 bits per heavy atom. The number of anilines is 2. The quantitative estimate of drug-likeness (QED) is 0.103. The summed E-state index contributed by atoms with van der Waals surface area (Å²) >= 11 is 6.73. The van der Waals surface area contributed by atoms with Gasteiger partial charge in [0.25, 0.3) is 0 Å². The SMILES string of the molecule is Cc1c(Nc2nccc3cc(CNCC(C)(C)O)cnc23)cccc1-c1cccc(-c2nc3cc(CN4CCCC[C@H]4C(=O)O)cc(Cl)c3o2)c1C. The Morgan fingerprint density at radius 3 is 2.56 bits per heavy atom. The molecule has 10 nitrogen and oxygen atoms in total. The van der Waals surface area contributed by atoms with E-state index in [0.717, 1.165) is 74.9 Å². The summed E-state index contributed by atoms with van der Waals surface area (Å²) in [4.78, 5) is 28.1. The zero-order valence-corrected chi connectivity index (χ0v) is 30.6. The van der Waals surface area contributed by atoms with Crippen LogP contribution in [0.3, 0.4) is 0 Å². The van der Waals surface area contributed by atoms with Crippen LogP contribution in [0.1, 0.15) is 55.4 Å². The van der Waals surface area contributed by atoms with E-state index in [1.807, 2.05) is 53.6 Å². The third-order valence-electron chi connectivity index (χ3n) is 9.77. The van der Waals surface area contributed by atoms with Crippen LogP contribution in [0.5, 0.6) is 0 Å². The highest BCUT2D eigenvalue weighted by Gasteiger charge is 2.29. The molecule has 4 N–H and O–H groups in total. The van der Waals surface area contributed by atoms with Gasteiger partial charge >= 0.3 is 5.97 Å². The van der Waals surface area contributed by atoms with Crippen molar-refractivity contribution >= 4 is 51.1 Å². The van der Waals surface area contributed by atoms with E-state index >= 15 is 0 Å². The smallest absolute Gasteiger partial charge is 0.320 e. The summed E-state index contributed by atoms with van der Waals surface area (Å²) in [6, 6.07) is 19.6. The van der Waals surface area contributed by atoms with Gasteiger partial charge in [-0.05, 0) is 117 Å². The number of hydrogen-bond donors (Lipinski definition) is 4. The van der Waals surface area contributed by atoms with Crippen molar-refractivity contribution in [3.8, 4) is 22.6 Å². The van der Waals surface area contributed by atoms with Gasteiger partial charge in [-0.3, -0.25) is 14.7 Å². The number of carbonyl (C=O) groups is 1. The monoisotopic (exact) mass is 718 g/mol. The average molecular weight is 719 g/mol. The summed E-state index contributed by atoms with van der Waals surface area (Å²) in [6.07, 6.45) is 6.17. The number of nitrogens with one attached hydrogen (secondary N) is 2. The van der Waals surface area contributed by atoms with Crippen LogP contribution in [0.2, 0.25) is 5.02 Å². The van der Waals surface area contributed by atoms with E-state index in [1.165, 1.54) is 0 Å². The van der Waals surface area contributed by atoms with Gasteiger partial charge in [0.15, 0.2) is 11.4 Å². The largest absolute Gasteiger partial charge is 0.480 e. The fraction of sp³-hybridized carbons (Fsp3) is 0.317. The van der Waals surface area contributed by atoms with Crippen molar-refractivity contribution in [1.82, 2.24) is 25.2 Å². The Bertz CT molecular complexity index is 2280. The number of hydrogen-bond acceptors (Lipinski definition) is 9. The third kappa shape index (κ3) is 7.52. The number of oxazole rings is 1. The number of likely N-dealkylation sites (tertiary alicyclic amines) is 1. The Kier molecular flexibility index (Phi) is 10.00. The Morgan fingerprint density at radius 1 is 1.00 bits per heavy atom. The highest BCUT2D eigenvalue weighted by atomic mass is 35.5. The number of piperidine rings is 1. The molecule has 1 saturated heterocycles. The second-order valence-corrected chi connectivity index (χ2v) is 14.7. The van der Waals surface area contributed by atoms with Gasteiger partial charge < -0.3 is 25.3 Å². The highest BCUT2D eigenvalue weighted by molar-refractivity contribution is 6.34. The number of nitrogens with zero attached hydrogens (tertiary/aromatic N) is 4. The maximum atomic E-state index is 11.9. The molecular formula is C41H43ClN6O4. The van der Waals surface area contributed by atoms with Crippen LogP contribution in [-0.4, -0.2) is 60.8 Å². The van der Waals surface area contributed by atoms with Crippen LogP contribution in [-0.2, 0) is 17.9 Å². The van der Waals surface area contributed by atoms with E-state index in [4.69, 9.17) is 26.0 Å². The number of aliphatic hydroxyl groups is 1. The van der Waals surface area contributed by atoms with Crippen molar-refractivity contribution in [2.75, 3.05) is 18.4 Å². The van der Waals surface area contributed by atoms with Crippen molar-refractivity contribution in [2.24, 2.45) is 0 Å². The van der Waals surface area contributed by atoms with Gasteiger partial charge in [0, 0.05) is 48.7 Å². The van der Waals surface area contributed by atoms with Crippen molar-refractivity contribution in [2.45, 2.75) is 71.7 Å². The number of rotatable bonds is 11. The Balaban J connectivity index is 1.15. The molecule has 1 aliphatic rings. The number of carboxylic acids is 1. The van der Waals surface area contributed by atoms with Crippen molar-refractivity contribution in [3.63, 3.8) is 0 Å². The number of benzene rings is 3. The lowest BCUT2D eigenvalue weighted by Crippen LogP contribution is -2.43. The van der Waals surface area contributed by atoms with Crippen molar-refractivity contribution < 1.29 is 19.4 Å². The van der Waals surface area contributed by atoms with Gasteiger partial charge in [-0.25, -0.2) is 9.97 Å². The molecule has 0 unspecified atom stereocenters. The molecule has 4 heterocycles. The first kappa shape index (κ1) is 35.5. The molecule has 3 aromatic carbocycles. The lowest BCUT2D eigenvalue weighted by Gasteiger charge is -2.32. The molecule has 1 fully saturated rings. The summed E-state index contributed by atoms with van der Waals surface area (Å²) in [5, 5.41) is 28.0. The van der Waals surface area contributed by atoms with Gasteiger partial charge in [-0.2, -0.15) is 0 Å². The molecular weight excluding hydrogens is 676 g/mol. The third-order valence-corrected chi connectivity index (χ3v) is 10.1. The fourth-order valence-corrected chi connectivity index (χ4v) is 7.38. The number of halogens is 1. The molecule has 0 bridgehead atoms. The molecule has 0 radical (unpaired) electrons. The topological polar surface area (TPSA) is 137 Å². The molecule has 1 atom stereocenters. The van der Waals surface area contributed by atoms with Crippen molar-refractivity contribution in [1.29, 1.82) is 0 Å². The molecule has 3 aromatic heterocycles. The summed E-state index contributed by atoms with van der Waals surface area (Å²) in [5.74, 6) is 0.357. The van der Waals surface area contributed by atoms with Gasteiger partial charge in [0.2, 0.25) is 5.89 Å². The molecule has 0 saturated carbocycles. The Hall–Kier alpha value is -4.87. The number of pyridine rings is 2. The van der Waals surface area contributed by atoms with E-state index in [-0.39, 0.29) is 0 Å². The fourth-order valence-electron chi connectivity index (χ4n) is 7.10. The zero-order chi connectivity index (χ0) is 36.6. The minimum Gasteiger partial charge on any atom is -0.480 e. The van der Waals surface area contributed by atoms with E-state index in [2.05, 4.69) is 47.7 Å².